The Bertz CT molecular complexity index is 177. The van der Waals surface area contributed by atoms with Crippen LogP contribution in [-0.4, -0.2) is 25.0 Å². The molecule has 2 fully saturated rings. The number of epoxide rings is 1. The highest BCUT2D eigenvalue weighted by Gasteiger charge is 2.67. The summed E-state index contributed by atoms with van der Waals surface area (Å²) in [4.78, 5) is 4.06. The Hall–Kier alpha value is -0.370. The molecule has 42 valence electrons. The molecule has 1 saturated heterocycles. The van der Waals surface area contributed by atoms with Gasteiger partial charge < -0.3 is 4.74 Å². The predicted octanol–water partition coefficient (Wildman–Crippen LogP) is 0.228. The fraction of sp³-hybridized carbons (Fsp3) is 0.833. The van der Waals surface area contributed by atoms with Crippen LogP contribution in [0.3, 0.4) is 0 Å². The highest BCUT2D eigenvalue weighted by molar-refractivity contribution is 5.76. The number of rotatable bonds is 0. The van der Waals surface area contributed by atoms with E-state index < -0.39 is 0 Å². The zero-order valence-corrected chi connectivity index (χ0v) is 4.50. The summed E-state index contributed by atoms with van der Waals surface area (Å²) in [6.07, 6.45) is 4.56. The van der Waals surface area contributed by atoms with Crippen molar-refractivity contribution in [3.63, 3.8) is 0 Å². The standard InChI is InChI=1S/C6H7NO/c1-4-5(8-4)6(1)2-7-3-6/h2,4-5H,1,3H2. The molecule has 0 amide bonds. The molecule has 3 atom stereocenters. The van der Waals surface area contributed by atoms with Gasteiger partial charge in [-0.1, -0.05) is 0 Å². The molecule has 1 spiro atoms. The summed E-state index contributed by atoms with van der Waals surface area (Å²) >= 11 is 0. The van der Waals surface area contributed by atoms with E-state index in [1.54, 1.807) is 0 Å². The van der Waals surface area contributed by atoms with Crippen LogP contribution in [-0.2, 0) is 4.74 Å². The second-order valence-electron chi connectivity index (χ2n) is 3.00. The molecule has 8 heavy (non-hydrogen) atoms. The smallest absolute Gasteiger partial charge is 0.0966 e. The van der Waals surface area contributed by atoms with Crippen LogP contribution in [0.5, 0.6) is 0 Å². The van der Waals surface area contributed by atoms with E-state index in [-0.39, 0.29) is 0 Å². The molecule has 0 N–H and O–H groups in total. The van der Waals surface area contributed by atoms with Crippen molar-refractivity contribution in [1.29, 1.82) is 0 Å². The second kappa shape index (κ2) is 0.760. The maximum Gasteiger partial charge on any atom is 0.0966 e. The first-order chi connectivity index (χ1) is 3.91. The van der Waals surface area contributed by atoms with Gasteiger partial charge in [0.25, 0.3) is 0 Å². The lowest BCUT2D eigenvalue weighted by atomic mass is 9.67. The van der Waals surface area contributed by atoms with Gasteiger partial charge in [0.15, 0.2) is 0 Å². The maximum atomic E-state index is 5.29. The molecule has 0 aromatic rings. The van der Waals surface area contributed by atoms with Crippen molar-refractivity contribution < 1.29 is 4.74 Å². The molecule has 3 rings (SSSR count). The van der Waals surface area contributed by atoms with E-state index in [1.807, 2.05) is 0 Å². The van der Waals surface area contributed by atoms with Gasteiger partial charge >= 0.3 is 0 Å². The summed E-state index contributed by atoms with van der Waals surface area (Å²) in [6, 6.07) is 0. The van der Waals surface area contributed by atoms with E-state index in [9.17, 15) is 0 Å². The average molecular weight is 109 g/mol. The van der Waals surface area contributed by atoms with Gasteiger partial charge in [-0.3, -0.25) is 4.99 Å². The van der Waals surface area contributed by atoms with Crippen molar-refractivity contribution in [1.82, 2.24) is 0 Å². The SMILES string of the molecule is C1=NCC12CC1OC12. The van der Waals surface area contributed by atoms with Gasteiger partial charge in [0, 0.05) is 6.21 Å². The van der Waals surface area contributed by atoms with Gasteiger partial charge in [0.05, 0.1) is 24.2 Å². The van der Waals surface area contributed by atoms with Crippen LogP contribution >= 0.6 is 0 Å². The van der Waals surface area contributed by atoms with E-state index in [0.717, 1.165) is 6.54 Å². The molecular weight excluding hydrogens is 102 g/mol. The predicted molar refractivity (Wildman–Crippen MR) is 29.1 cm³/mol. The van der Waals surface area contributed by atoms with Crippen LogP contribution in [0, 0.1) is 5.41 Å². The monoisotopic (exact) mass is 109 g/mol. The van der Waals surface area contributed by atoms with Crippen LogP contribution in [0.25, 0.3) is 0 Å². The van der Waals surface area contributed by atoms with E-state index in [2.05, 4.69) is 11.2 Å². The van der Waals surface area contributed by atoms with E-state index >= 15 is 0 Å². The highest BCUT2D eigenvalue weighted by Crippen LogP contribution is 2.57. The molecule has 3 aliphatic rings. The lowest BCUT2D eigenvalue weighted by molar-refractivity contribution is 0.276. The lowest BCUT2D eigenvalue weighted by Crippen LogP contribution is -2.48. The molecule has 2 heterocycles. The quantitative estimate of drug-likeness (QED) is 0.409. The summed E-state index contributed by atoms with van der Waals surface area (Å²) in [5, 5.41) is 0. The van der Waals surface area contributed by atoms with Crippen LogP contribution in [0.4, 0.5) is 0 Å². The first-order valence-electron chi connectivity index (χ1n) is 3.07. The zero-order chi connectivity index (χ0) is 5.19. The average Bonchev–Trinajstić information content (AvgIpc) is 2.10. The van der Waals surface area contributed by atoms with Gasteiger partial charge in [0.1, 0.15) is 0 Å². The van der Waals surface area contributed by atoms with Crippen LogP contribution in [0.1, 0.15) is 6.42 Å². The topological polar surface area (TPSA) is 24.9 Å². The number of ether oxygens (including phenoxy) is 1. The molecule has 1 saturated carbocycles. The summed E-state index contributed by atoms with van der Waals surface area (Å²) < 4.78 is 5.29. The lowest BCUT2D eigenvalue weighted by Gasteiger charge is -2.37. The first kappa shape index (κ1) is 3.62. The third kappa shape index (κ3) is 0.199. The Kier molecular flexibility index (Phi) is 0.344. The Morgan fingerprint density at radius 3 is 2.75 bits per heavy atom. The minimum absolute atomic E-state index is 0.463. The Morgan fingerprint density at radius 1 is 1.75 bits per heavy atom. The third-order valence-electron chi connectivity index (χ3n) is 2.46. The van der Waals surface area contributed by atoms with Crippen LogP contribution in [0.15, 0.2) is 4.99 Å². The number of aliphatic imine (C=N–C) groups is 1. The molecule has 0 bridgehead atoms. The zero-order valence-electron chi connectivity index (χ0n) is 4.50. The summed E-state index contributed by atoms with van der Waals surface area (Å²) in [6.45, 7) is 1.04. The number of fused-ring (bicyclic) bond motifs is 2. The first-order valence-corrected chi connectivity index (χ1v) is 3.07. The maximum absolute atomic E-state index is 5.29. The van der Waals surface area contributed by atoms with Gasteiger partial charge in [-0.05, 0) is 6.42 Å². The Balaban J connectivity index is 2.00. The van der Waals surface area contributed by atoms with Gasteiger partial charge in [-0.2, -0.15) is 0 Å². The molecule has 0 aromatic heterocycles. The minimum Gasteiger partial charge on any atom is -0.368 e. The molecule has 2 nitrogen and oxygen atoms in total. The van der Waals surface area contributed by atoms with Crippen molar-refractivity contribution in [2.45, 2.75) is 18.6 Å². The minimum atomic E-state index is 0.463. The van der Waals surface area contributed by atoms with E-state index in [0.29, 0.717) is 17.6 Å². The molecular formula is C6H7NO. The molecule has 1 aliphatic carbocycles. The molecule has 3 unspecified atom stereocenters. The molecule has 0 radical (unpaired) electrons. The van der Waals surface area contributed by atoms with Crippen molar-refractivity contribution in [2.75, 3.05) is 6.54 Å². The molecule has 0 aromatic carbocycles. The fourth-order valence-electron chi connectivity index (χ4n) is 1.74. The molecule has 2 heteroatoms. The van der Waals surface area contributed by atoms with Crippen molar-refractivity contribution in [2.24, 2.45) is 10.4 Å². The summed E-state index contributed by atoms with van der Waals surface area (Å²) in [5.74, 6) is 0. The Labute approximate surface area is 47.6 Å². The van der Waals surface area contributed by atoms with E-state index in [1.165, 1.54) is 6.42 Å². The van der Waals surface area contributed by atoms with Gasteiger partial charge in [-0.15, -0.1) is 0 Å². The van der Waals surface area contributed by atoms with Gasteiger partial charge in [-0.25, -0.2) is 0 Å². The Morgan fingerprint density at radius 2 is 2.62 bits per heavy atom. The van der Waals surface area contributed by atoms with Crippen LogP contribution < -0.4 is 0 Å². The number of nitrogens with zero attached hydrogens (tertiary/aromatic N) is 1. The number of hydrogen-bond donors (Lipinski definition) is 0. The number of hydrogen-bond acceptors (Lipinski definition) is 2. The van der Waals surface area contributed by atoms with E-state index in [4.69, 9.17) is 4.74 Å². The normalized spacial score (nSPS) is 64.0. The van der Waals surface area contributed by atoms with Crippen molar-refractivity contribution >= 4 is 6.21 Å². The fourth-order valence-corrected chi connectivity index (χ4v) is 1.74. The third-order valence-corrected chi connectivity index (χ3v) is 2.46. The van der Waals surface area contributed by atoms with Gasteiger partial charge in [0.2, 0.25) is 0 Å². The van der Waals surface area contributed by atoms with Crippen LogP contribution in [0.2, 0.25) is 0 Å². The van der Waals surface area contributed by atoms with Crippen molar-refractivity contribution in [3.8, 4) is 0 Å². The molecule has 2 aliphatic heterocycles. The summed E-state index contributed by atoms with van der Waals surface area (Å²) in [7, 11) is 0. The highest BCUT2D eigenvalue weighted by atomic mass is 16.6. The largest absolute Gasteiger partial charge is 0.368 e. The van der Waals surface area contributed by atoms with Crippen molar-refractivity contribution in [3.05, 3.63) is 0 Å². The second-order valence-corrected chi connectivity index (χ2v) is 3.00. The summed E-state index contributed by atoms with van der Waals surface area (Å²) in [5.41, 5.74) is 0.463.